The highest BCUT2D eigenvalue weighted by atomic mass is 14.0. The molecule has 0 saturated carbocycles. The zero-order valence-electron chi connectivity index (χ0n) is 10.3. The van der Waals surface area contributed by atoms with Crippen molar-refractivity contribution in [3.8, 4) is 0 Å². The average molecular weight is 232 g/mol. The smallest absolute Gasteiger partial charge is 0.0178 e. The summed E-state index contributed by atoms with van der Waals surface area (Å²) in [4.78, 5) is 0. The van der Waals surface area contributed by atoms with Crippen LogP contribution in [0.4, 0.5) is 0 Å². The van der Waals surface area contributed by atoms with Gasteiger partial charge in [0, 0.05) is 0 Å². The normalized spacial score (nSPS) is 10.4. The Balaban J connectivity index is 2.35. The van der Waals surface area contributed by atoms with E-state index in [9.17, 15) is 0 Å². The third-order valence-corrected chi connectivity index (χ3v) is 2.82. The van der Waals surface area contributed by atoms with Crippen LogP contribution in [-0.2, 0) is 0 Å². The minimum absolute atomic E-state index is 1.12. The van der Waals surface area contributed by atoms with Gasteiger partial charge in [0.2, 0.25) is 0 Å². The molecule has 0 bridgehead atoms. The average Bonchev–Trinajstić information content (AvgIpc) is 2.45. The first-order chi connectivity index (χ1) is 8.83. The van der Waals surface area contributed by atoms with Gasteiger partial charge in [0.15, 0.2) is 0 Å². The molecule has 0 heterocycles. The minimum Gasteiger partial charge on any atom is -0.0985 e. The van der Waals surface area contributed by atoms with Gasteiger partial charge in [0.25, 0.3) is 0 Å². The first-order valence-corrected chi connectivity index (χ1v) is 5.95. The summed E-state index contributed by atoms with van der Waals surface area (Å²) >= 11 is 0. The molecule has 2 aromatic carbocycles. The second-order valence-electron chi connectivity index (χ2n) is 4.04. The van der Waals surface area contributed by atoms with E-state index in [4.69, 9.17) is 0 Å². The summed E-state index contributed by atoms with van der Waals surface area (Å²) in [6.45, 7) is 7.64. The van der Waals surface area contributed by atoms with E-state index in [0.29, 0.717) is 0 Å². The summed E-state index contributed by atoms with van der Waals surface area (Å²) in [5.41, 5.74) is 4.60. The molecule has 0 fully saturated rings. The van der Waals surface area contributed by atoms with Crippen LogP contribution < -0.4 is 0 Å². The van der Waals surface area contributed by atoms with Crippen molar-refractivity contribution in [1.82, 2.24) is 0 Å². The van der Waals surface area contributed by atoms with Crippen molar-refractivity contribution in [2.75, 3.05) is 0 Å². The van der Waals surface area contributed by atoms with Gasteiger partial charge in [-0.05, 0) is 28.3 Å². The zero-order chi connectivity index (χ0) is 12.8. The molecule has 0 saturated heterocycles. The third kappa shape index (κ3) is 2.86. The number of rotatable bonds is 4. The number of benzene rings is 2. The first-order valence-electron chi connectivity index (χ1n) is 5.95. The van der Waals surface area contributed by atoms with E-state index in [1.807, 2.05) is 36.4 Å². The Kier molecular flexibility index (Phi) is 3.93. The summed E-state index contributed by atoms with van der Waals surface area (Å²) in [5, 5.41) is 0. The molecular formula is C18H16. The topological polar surface area (TPSA) is 0 Å². The SMILES string of the molecule is C=Cc1ccc(C=C)c(C=Cc2ccccc2)c1. The second kappa shape index (κ2) is 5.83. The molecule has 0 aliphatic heterocycles. The fraction of sp³-hybridized carbons (Fsp3) is 0. The highest BCUT2D eigenvalue weighted by Crippen LogP contribution is 2.17. The van der Waals surface area contributed by atoms with E-state index >= 15 is 0 Å². The lowest BCUT2D eigenvalue weighted by molar-refractivity contribution is 1.58. The van der Waals surface area contributed by atoms with Gasteiger partial charge >= 0.3 is 0 Å². The van der Waals surface area contributed by atoms with Crippen LogP contribution in [0.3, 0.4) is 0 Å². The van der Waals surface area contributed by atoms with Crippen molar-refractivity contribution in [2.45, 2.75) is 0 Å². The molecule has 0 aromatic heterocycles. The Hall–Kier alpha value is -2.34. The van der Waals surface area contributed by atoms with Crippen molar-refractivity contribution in [1.29, 1.82) is 0 Å². The Morgan fingerprint density at radius 3 is 2.11 bits per heavy atom. The van der Waals surface area contributed by atoms with Gasteiger partial charge in [-0.1, -0.05) is 79.9 Å². The van der Waals surface area contributed by atoms with Crippen molar-refractivity contribution in [3.63, 3.8) is 0 Å². The Morgan fingerprint density at radius 1 is 0.667 bits per heavy atom. The molecule has 0 heteroatoms. The minimum atomic E-state index is 1.12. The van der Waals surface area contributed by atoms with Gasteiger partial charge in [0.05, 0.1) is 0 Å². The Bertz CT molecular complexity index is 574. The quantitative estimate of drug-likeness (QED) is 0.640. The molecule has 0 radical (unpaired) electrons. The molecule has 0 unspecified atom stereocenters. The Morgan fingerprint density at radius 2 is 1.44 bits per heavy atom. The predicted octanol–water partition coefficient (Wildman–Crippen LogP) is 5.14. The maximum absolute atomic E-state index is 3.84. The molecule has 88 valence electrons. The van der Waals surface area contributed by atoms with Crippen molar-refractivity contribution in [3.05, 3.63) is 83.9 Å². The van der Waals surface area contributed by atoms with Crippen molar-refractivity contribution >= 4 is 24.3 Å². The molecular weight excluding hydrogens is 216 g/mol. The summed E-state index contributed by atoms with van der Waals surface area (Å²) < 4.78 is 0. The molecule has 2 rings (SSSR count). The van der Waals surface area contributed by atoms with Gasteiger partial charge in [-0.2, -0.15) is 0 Å². The fourth-order valence-corrected chi connectivity index (χ4v) is 1.80. The molecule has 0 amide bonds. The highest BCUT2D eigenvalue weighted by molar-refractivity contribution is 5.76. The van der Waals surface area contributed by atoms with Crippen molar-refractivity contribution in [2.24, 2.45) is 0 Å². The molecule has 0 aliphatic rings. The van der Waals surface area contributed by atoms with Crippen LogP contribution in [0.1, 0.15) is 22.3 Å². The molecule has 0 spiro atoms. The zero-order valence-corrected chi connectivity index (χ0v) is 10.3. The fourth-order valence-electron chi connectivity index (χ4n) is 1.80. The maximum Gasteiger partial charge on any atom is -0.0178 e. The lowest BCUT2D eigenvalue weighted by atomic mass is 10.0. The standard InChI is InChI=1S/C18H16/c1-3-15-10-12-17(4-2)18(14-15)13-11-16-8-6-5-7-9-16/h3-14H,1-2H2. The summed E-state index contributed by atoms with van der Waals surface area (Å²) in [7, 11) is 0. The van der Waals surface area contributed by atoms with Crippen LogP contribution in [0.25, 0.3) is 24.3 Å². The predicted molar refractivity (Wildman–Crippen MR) is 82.0 cm³/mol. The second-order valence-corrected chi connectivity index (χ2v) is 4.04. The van der Waals surface area contributed by atoms with E-state index in [1.54, 1.807) is 0 Å². The van der Waals surface area contributed by atoms with E-state index in [2.05, 4.69) is 49.6 Å². The van der Waals surface area contributed by atoms with Gasteiger partial charge in [-0.25, -0.2) is 0 Å². The lowest BCUT2D eigenvalue weighted by Gasteiger charge is -2.03. The van der Waals surface area contributed by atoms with Gasteiger partial charge in [-0.3, -0.25) is 0 Å². The Labute approximate surface area is 109 Å². The maximum atomic E-state index is 3.84. The van der Waals surface area contributed by atoms with E-state index < -0.39 is 0 Å². The van der Waals surface area contributed by atoms with Crippen LogP contribution in [0, 0.1) is 0 Å². The van der Waals surface area contributed by atoms with E-state index in [0.717, 1.165) is 16.7 Å². The molecule has 0 nitrogen and oxygen atoms in total. The van der Waals surface area contributed by atoms with Gasteiger partial charge in [-0.15, -0.1) is 0 Å². The summed E-state index contributed by atoms with van der Waals surface area (Å²) in [5.74, 6) is 0. The molecule has 0 aliphatic carbocycles. The van der Waals surface area contributed by atoms with Crippen LogP contribution in [-0.4, -0.2) is 0 Å². The number of hydrogen-bond acceptors (Lipinski definition) is 0. The summed E-state index contributed by atoms with van der Waals surface area (Å²) in [6, 6.07) is 16.5. The molecule has 18 heavy (non-hydrogen) atoms. The largest absolute Gasteiger partial charge is 0.0985 e. The number of hydrogen-bond donors (Lipinski definition) is 0. The molecule has 0 N–H and O–H groups in total. The molecule has 2 aromatic rings. The van der Waals surface area contributed by atoms with Crippen LogP contribution in [0.5, 0.6) is 0 Å². The molecule has 0 atom stereocenters. The van der Waals surface area contributed by atoms with Crippen LogP contribution >= 0.6 is 0 Å². The van der Waals surface area contributed by atoms with Gasteiger partial charge in [0.1, 0.15) is 0 Å². The van der Waals surface area contributed by atoms with E-state index in [-0.39, 0.29) is 0 Å². The van der Waals surface area contributed by atoms with Gasteiger partial charge < -0.3 is 0 Å². The van der Waals surface area contributed by atoms with Crippen LogP contribution in [0.15, 0.2) is 61.7 Å². The third-order valence-electron chi connectivity index (χ3n) is 2.82. The summed E-state index contributed by atoms with van der Waals surface area (Å²) in [6.07, 6.45) is 7.94. The lowest BCUT2D eigenvalue weighted by Crippen LogP contribution is -1.82. The van der Waals surface area contributed by atoms with E-state index in [1.165, 1.54) is 5.56 Å². The monoisotopic (exact) mass is 232 g/mol. The first kappa shape index (κ1) is 12.1. The van der Waals surface area contributed by atoms with Crippen LogP contribution in [0.2, 0.25) is 0 Å². The van der Waals surface area contributed by atoms with Crippen molar-refractivity contribution < 1.29 is 0 Å². The highest BCUT2D eigenvalue weighted by Gasteiger charge is 1.96.